The van der Waals surface area contributed by atoms with Gasteiger partial charge in [0.1, 0.15) is 5.75 Å². The van der Waals surface area contributed by atoms with Crippen LogP contribution in [0.5, 0.6) is 5.75 Å². The normalized spacial score (nSPS) is 11.6. The summed E-state index contributed by atoms with van der Waals surface area (Å²) in [5, 5.41) is 3.33. The van der Waals surface area contributed by atoms with Gasteiger partial charge in [-0.1, -0.05) is 32.0 Å². The van der Waals surface area contributed by atoms with Gasteiger partial charge in [-0.25, -0.2) is 4.98 Å². The smallest absolute Gasteiger partial charge is 0.122 e. The number of nitrogens with zero attached hydrogens (tertiary/aromatic N) is 1. The summed E-state index contributed by atoms with van der Waals surface area (Å²) >= 11 is 1.75. The molecule has 2 aromatic rings. The van der Waals surface area contributed by atoms with Gasteiger partial charge in [-0.15, -0.1) is 11.3 Å². The van der Waals surface area contributed by atoms with E-state index in [1.54, 1.807) is 11.3 Å². The van der Waals surface area contributed by atoms with Gasteiger partial charge in [0.05, 0.1) is 17.3 Å². The van der Waals surface area contributed by atoms with Gasteiger partial charge in [-0.05, 0) is 37.9 Å². The molecule has 120 valence electrons. The molecule has 1 aromatic carbocycles. The summed E-state index contributed by atoms with van der Waals surface area (Å²) in [6, 6.07) is 8.15. The summed E-state index contributed by atoms with van der Waals surface area (Å²) in [5.74, 6) is 0.986. The van der Waals surface area contributed by atoms with Crippen LogP contribution in [0.2, 0.25) is 0 Å². The first-order chi connectivity index (χ1) is 10.5. The van der Waals surface area contributed by atoms with Gasteiger partial charge >= 0.3 is 0 Å². The molecule has 1 heterocycles. The van der Waals surface area contributed by atoms with E-state index in [2.05, 4.69) is 32.2 Å². The van der Waals surface area contributed by atoms with Gasteiger partial charge in [-0.3, -0.25) is 0 Å². The lowest BCUT2D eigenvalue weighted by Crippen LogP contribution is -2.18. The zero-order valence-corrected chi connectivity index (χ0v) is 14.6. The number of nitrogens with two attached hydrogens (primary N) is 1. The molecule has 0 bridgehead atoms. The first-order valence-electron chi connectivity index (χ1n) is 7.86. The maximum absolute atomic E-state index is 5.88. The molecule has 1 aromatic heterocycles. The fraction of sp³-hybridized carbons (Fsp3) is 0.500. The zero-order chi connectivity index (χ0) is 16.0. The van der Waals surface area contributed by atoms with Crippen molar-refractivity contribution >= 4 is 11.3 Å². The van der Waals surface area contributed by atoms with Gasteiger partial charge in [0, 0.05) is 17.2 Å². The summed E-state index contributed by atoms with van der Waals surface area (Å²) in [6.07, 6.45) is 2.95. The molecule has 0 aliphatic rings. The molecule has 0 radical (unpaired) electrons. The zero-order valence-electron chi connectivity index (χ0n) is 13.8. The molecule has 0 aliphatic carbocycles. The number of hydrogen-bond donors (Lipinski definition) is 1. The van der Waals surface area contributed by atoms with E-state index >= 15 is 0 Å². The quantitative estimate of drug-likeness (QED) is 0.746. The van der Waals surface area contributed by atoms with Crippen molar-refractivity contribution in [2.45, 2.75) is 45.4 Å². The van der Waals surface area contributed by atoms with Gasteiger partial charge < -0.3 is 10.5 Å². The number of aromatic nitrogens is 1. The molecule has 0 saturated carbocycles. The third-order valence-electron chi connectivity index (χ3n) is 3.83. The molecule has 0 unspecified atom stereocenters. The topological polar surface area (TPSA) is 48.1 Å². The lowest BCUT2D eigenvalue weighted by atomic mass is 9.89. The summed E-state index contributed by atoms with van der Waals surface area (Å²) in [5.41, 5.74) is 7.99. The van der Waals surface area contributed by atoms with Crippen molar-refractivity contribution in [2.24, 2.45) is 5.73 Å². The molecule has 2 N–H and O–H groups in total. The second-order valence-corrected chi connectivity index (χ2v) is 7.14. The molecular formula is C18H26N2OS. The Morgan fingerprint density at radius 3 is 2.77 bits per heavy atom. The van der Waals surface area contributed by atoms with E-state index < -0.39 is 0 Å². The average Bonchev–Trinajstić information content (AvgIpc) is 2.95. The van der Waals surface area contributed by atoms with Crippen molar-refractivity contribution in [3.8, 4) is 5.75 Å². The van der Waals surface area contributed by atoms with Crippen molar-refractivity contribution in [3.63, 3.8) is 0 Å². The Morgan fingerprint density at radius 2 is 2.05 bits per heavy atom. The number of para-hydroxylation sites is 1. The third kappa shape index (κ3) is 4.55. The van der Waals surface area contributed by atoms with E-state index in [1.165, 1.54) is 10.6 Å². The van der Waals surface area contributed by atoms with Crippen LogP contribution in [0.4, 0.5) is 0 Å². The highest BCUT2D eigenvalue weighted by atomic mass is 32.1. The lowest BCUT2D eigenvalue weighted by Gasteiger charge is -2.22. The first kappa shape index (κ1) is 17.0. The summed E-state index contributed by atoms with van der Waals surface area (Å²) in [7, 11) is 0. The van der Waals surface area contributed by atoms with Crippen LogP contribution < -0.4 is 10.5 Å². The molecule has 4 heteroatoms. The molecule has 0 amide bonds. The number of benzene rings is 1. The Balaban J connectivity index is 1.83. The van der Waals surface area contributed by atoms with E-state index in [0.29, 0.717) is 6.54 Å². The molecule has 0 atom stereocenters. The van der Waals surface area contributed by atoms with Crippen LogP contribution in [0.1, 0.15) is 43.0 Å². The maximum Gasteiger partial charge on any atom is 0.122 e. The van der Waals surface area contributed by atoms with Crippen LogP contribution in [0.15, 0.2) is 29.6 Å². The molecule has 2 rings (SSSR count). The second-order valence-electron chi connectivity index (χ2n) is 6.28. The first-order valence-corrected chi connectivity index (χ1v) is 8.74. The minimum Gasteiger partial charge on any atom is -0.493 e. The van der Waals surface area contributed by atoms with Gasteiger partial charge in [0.25, 0.3) is 0 Å². The van der Waals surface area contributed by atoms with E-state index in [4.69, 9.17) is 15.5 Å². The van der Waals surface area contributed by atoms with Crippen LogP contribution >= 0.6 is 11.3 Å². The van der Waals surface area contributed by atoms with E-state index in [1.807, 2.05) is 18.2 Å². The fourth-order valence-corrected chi connectivity index (χ4v) is 3.41. The Hall–Kier alpha value is -1.39. The predicted octanol–water partition coefficient (Wildman–Crippen LogP) is 4.09. The Labute approximate surface area is 137 Å². The minimum absolute atomic E-state index is 0.0899. The molecular weight excluding hydrogens is 292 g/mol. The molecule has 22 heavy (non-hydrogen) atoms. The van der Waals surface area contributed by atoms with Crippen molar-refractivity contribution in [2.75, 3.05) is 13.2 Å². The largest absolute Gasteiger partial charge is 0.493 e. The third-order valence-corrected chi connectivity index (χ3v) is 5.09. The Bertz CT molecular complexity index is 592. The molecule has 0 saturated heterocycles. The van der Waals surface area contributed by atoms with Crippen LogP contribution in [0.3, 0.4) is 0 Å². The average molecular weight is 318 g/mol. The highest BCUT2D eigenvalue weighted by Gasteiger charge is 2.23. The summed E-state index contributed by atoms with van der Waals surface area (Å²) in [6.45, 7) is 7.99. The van der Waals surface area contributed by atoms with Crippen molar-refractivity contribution in [1.29, 1.82) is 0 Å². The Morgan fingerprint density at radius 1 is 1.27 bits per heavy atom. The number of rotatable bonds is 8. The van der Waals surface area contributed by atoms with Crippen molar-refractivity contribution in [1.82, 2.24) is 4.98 Å². The standard InChI is InChI=1S/C18H26N2OS/c1-14-7-4-5-8-16(14)21-12-6-10-18(2,3)17-20-15(9-11-19)13-22-17/h4-5,7-8,13H,6,9-12,19H2,1-3H3. The molecule has 0 spiro atoms. The number of hydrogen-bond acceptors (Lipinski definition) is 4. The maximum atomic E-state index is 5.88. The van der Waals surface area contributed by atoms with E-state index in [0.717, 1.165) is 37.3 Å². The monoisotopic (exact) mass is 318 g/mol. The van der Waals surface area contributed by atoms with Gasteiger partial charge in [0.15, 0.2) is 0 Å². The number of aryl methyl sites for hydroxylation is 1. The van der Waals surface area contributed by atoms with Crippen molar-refractivity contribution < 1.29 is 4.74 Å². The van der Waals surface area contributed by atoms with Gasteiger partial charge in [0.2, 0.25) is 0 Å². The highest BCUT2D eigenvalue weighted by molar-refractivity contribution is 7.09. The van der Waals surface area contributed by atoms with Crippen molar-refractivity contribution in [3.05, 3.63) is 45.9 Å². The summed E-state index contributed by atoms with van der Waals surface area (Å²) < 4.78 is 5.88. The van der Waals surface area contributed by atoms with E-state index in [9.17, 15) is 0 Å². The number of thiazole rings is 1. The molecule has 3 nitrogen and oxygen atoms in total. The SMILES string of the molecule is Cc1ccccc1OCCCC(C)(C)c1nc(CCN)cs1. The van der Waals surface area contributed by atoms with Crippen LogP contribution in [0, 0.1) is 6.92 Å². The van der Waals surface area contributed by atoms with E-state index in [-0.39, 0.29) is 5.41 Å². The molecule has 0 aliphatic heterocycles. The Kier molecular flexibility index (Phi) is 5.98. The predicted molar refractivity (Wildman–Crippen MR) is 93.8 cm³/mol. The fourth-order valence-electron chi connectivity index (χ4n) is 2.40. The van der Waals surface area contributed by atoms with Crippen LogP contribution in [0.25, 0.3) is 0 Å². The van der Waals surface area contributed by atoms with Crippen LogP contribution in [-0.2, 0) is 11.8 Å². The lowest BCUT2D eigenvalue weighted by molar-refractivity contribution is 0.287. The second kappa shape index (κ2) is 7.75. The van der Waals surface area contributed by atoms with Crippen LogP contribution in [-0.4, -0.2) is 18.1 Å². The highest BCUT2D eigenvalue weighted by Crippen LogP contribution is 2.31. The summed E-state index contributed by atoms with van der Waals surface area (Å²) in [4.78, 5) is 4.72. The number of ether oxygens (including phenoxy) is 1. The minimum atomic E-state index is 0.0899. The van der Waals surface area contributed by atoms with Gasteiger partial charge in [-0.2, -0.15) is 0 Å². The molecule has 0 fully saturated rings.